The highest BCUT2D eigenvalue weighted by atomic mass is 16.2. The quantitative estimate of drug-likeness (QED) is 0.828. The summed E-state index contributed by atoms with van der Waals surface area (Å²) >= 11 is 0. The molecule has 0 saturated heterocycles. The Bertz CT molecular complexity index is 432. The molecule has 0 aromatic heterocycles. The van der Waals surface area contributed by atoms with Crippen LogP contribution < -0.4 is 5.32 Å². The molecule has 0 aliphatic heterocycles. The fourth-order valence-electron chi connectivity index (χ4n) is 1.82. The molecule has 1 amide bonds. The summed E-state index contributed by atoms with van der Waals surface area (Å²) in [6, 6.07) is 7.54. The number of rotatable bonds is 4. The van der Waals surface area contributed by atoms with E-state index in [1.807, 2.05) is 57.0 Å². The summed E-state index contributed by atoms with van der Waals surface area (Å²) in [5.74, 6) is 0.0207. The zero-order chi connectivity index (χ0) is 13.8. The number of para-hydroxylation sites is 1. The molecule has 1 N–H and O–H groups in total. The van der Waals surface area contributed by atoms with Crippen molar-refractivity contribution >= 4 is 11.6 Å². The molecule has 0 bridgehead atoms. The summed E-state index contributed by atoms with van der Waals surface area (Å²) in [5.41, 5.74) is 1.31. The minimum Gasteiger partial charge on any atom is -0.387 e. The normalized spacial score (nSPS) is 10.9. The maximum Gasteiger partial charge on any atom is 0.256 e. The minimum absolute atomic E-state index is 0.0207. The molecule has 1 aromatic rings. The molecule has 0 spiro atoms. The maximum atomic E-state index is 12.6. The number of hydrogen-bond acceptors (Lipinski definition) is 2. The van der Waals surface area contributed by atoms with Crippen molar-refractivity contribution in [3.8, 4) is 0 Å². The highest BCUT2D eigenvalue weighted by molar-refractivity contribution is 6.00. The van der Waals surface area contributed by atoms with Crippen LogP contribution in [-0.2, 0) is 0 Å². The Morgan fingerprint density at radius 3 is 2.50 bits per heavy atom. The van der Waals surface area contributed by atoms with E-state index in [0.29, 0.717) is 12.1 Å². The topological polar surface area (TPSA) is 32.3 Å². The van der Waals surface area contributed by atoms with Crippen molar-refractivity contribution in [3.05, 3.63) is 42.5 Å². The SMILES string of the molecule is C=CCN(C(=O)c1ccccc1NC)C(C)(C)C. The molecule has 3 nitrogen and oxygen atoms in total. The third-order valence-corrected chi connectivity index (χ3v) is 2.79. The van der Waals surface area contributed by atoms with Crippen LogP contribution in [0.1, 0.15) is 31.1 Å². The summed E-state index contributed by atoms with van der Waals surface area (Å²) in [7, 11) is 1.82. The lowest BCUT2D eigenvalue weighted by molar-refractivity contribution is 0.0617. The highest BCUT2D eigenvalue weighted by Gasteiger charge is 2.27. The van der Waals surface area contributed by atoms with Gasteiger partial charge in [0.1, 0.15) is 0 Å². The minimum atomic E-state index is -0.230. The van der Waals surface area contributed by atoms with Crippen molar-refractivity contribution < 1.29 is 4.79 Å². The largest absolute Gasteiger partial charge is 0.387 e. The smallest absolute Gasteiger partial charge is 0.256 e. The van der Waals surface area contributed by atoms with E-state index in [-0.39, 0.29) is 11.4 Å². The molecule has 98 valence electrons. The second-order valence-corrected chi connectivity index (χ2v) is 5.17. The van der Waals surface area contributed by atoms with Gasteiger partial charge < -0.3 is 10.2 Å². The second kappa shape index (κ2) is 5.71. The Morgan fingerprint density at radius 2 is 2.00 bits per heavy atom. The van der Waals surface area contributed by atoms with Crippen molar-refractivity contribution in [1.82, 2.24) is 4.90 Å². The van der Waals surface area contributed by atoms with Crippen molar-refractivity contribution in [2.75, 3.05) is 18.9 Å². The predicted molar refractivity (Wildman–Crippen MR) is 77.0 cm³/mol. The Labute approximate surface area is 109 Å². The van der Waals surface area contributed by atoms with Gasteiger partial charge in [0.2, 0.25) is 0 Å². The van der Waals surface area contributed by atoms with Crippen molar-refractivity contribution in [3.63, 3.8) is 0 Å². The van der Waals surface area contributed by atoms with Crippen LogP contribution in [0.25, 0.3) is 0 Å². The standard InChI is InChI=1S/C15H22N2O/c1-6-11-17(15(2,3)4)14(18)12-9-7-8-10-13(12)16-5/h6-10,16H,1,11H2,2-5H3. The van der Waals surface area contributed by atoms with E-state index in [0.717, 1.165) is 5.69 Å². The van der Waals surface area contributed by atoms with Crippen LogP contribution in [0.5, 0.6) is 0 Å². The first-order valence-corrected chi connectivity index (χ1v) is 6.11. The summed E-state index contributed by atoms with van der Waals surface area (Å²) in [5, 5.41) is 3.05. The molecule has 0 aliphatic carbocycles. The molecular formula is C15H22N2O. The summed E-state index contributed by atoms with van der Waals surface area (Å²) in [6.07, 6.45) is 1.76. The number of nitrogens with zero attached hydrogens (tertiary/aromatic N) is 1. The van der Waals surface area contributed by atoms with Gasteiger partial charge >= 0.3 is 0 Å². The number of anilines is 1. The maximum absolute atomic E-state index is 12.6. The van der Waals surface area contributed by atoms with Crippen molar-refractivity contribution in [2.24, 2.45) is 0 Å². The van der Waals surface area contributed by atoms with Gasteiger partial charge in [-0.3, -0.25) is 4.79 Å². The number of hydrogen-bond donors (Lipinski definition) is 1. The molecule has 0 heterocycles. The van der Waals surface area contributed by atoms with Gasteiger partial charge in [0.25, 0.3) is 5.91 Å². The van der Waals surface area contributed by atoms with E-state index >= 15 is 0 Å². The van der Waals surface area contributed by atoms with Gasteiger partial charge in [-0.25, -0.2) is 0 Å². The van der Waals surface area contributed by atoms with Crippen LogP contribution in [0.4, 0.5) is 5.69 Å². The number of benzene rings is 1. The van der Waals surface area contributed by atoms with Crippen LogP contribution in [-0.4, -0.2) is 29.9 Å². The van der Waals surface area contributed by atoms with E-state index in [9.17, 15) is 4.79 Å². The van der Waals surface area contributed by atoms with Crippen LogP contribution >= 0.6 is 0 Å². The Hall–Kier alpha value is -1.77. The number of nitrogens with one attached hydrogen (secondary N) is 1. The van der Waals surface area contributed by atoms with E-state index < -0.39 is 0 Å². The van der Waals surface area contributed by atoms with Gasteiger partial charge in [0.15, 0.2) is 0 Å². The molecule has 0 saturated carbocycles. The molecule has 0 fully saturated rings. The first-order chi connectivity index (χ1) is 8.41. The second-order valence-electron chi connectivity index (χ2n) is 5.17. The Morgan fingerprint density at radius 1 is 1.39 bits per heavy atom. The van der Waals surface area contributed by atoms with E-state index in [2.05, 4.69) is 11.9 Å². The number of carbonyl (C=O) groups excluding carboxylic acids is 1. The van der Waals surface area contributed by atoms with Crippen LogP contribution in [0, 0.1) is 0 Å². The van der Waals surface area contributed by atoms with E-state index in [4.69, 9.17) is 0 Å². The van der Waals surface area contributed by atoms with Gasteiger partial charge in [-0.1, -0.05) is 18.2 Å². The predicted octanol–water partition coefficient (Wildman–Crippen LogP) is 3.16. The first kappa shape index (κ1) is 14.3. The molecule has 18 heavy (non-hydrogen) atoms. The average Bonchev–Trinajstić information content (AvgIpc) is 2.33. The third kappa shape index (κ3) is 3.13. The zero-order valence-electron chi connectivity index (χ0n) is 11.7. The zero-order valence-corrected chi connectivity index (χ0v) is 11.7. The molecule has 0 aliphatic rings. The molecule has 1 rings (SSSR count). The summed E-state index contributed by atoms with van der Waals surface area (Å²) < 4.78 is 0. The first-order valence-electron chi connectivity index (χ1n) is 6.11. The summed E-state index contributed by atoms with van der Waals surface area (Å²) in [6.45, 7) is 10.3. The monoisotopic (exact) mass is 246 g/mol. The number of carbonyl (C=O) groups is 1. The lowest BCUT2D eigenvalue weighted by Crippen LogP contribution is -2.45. The summed E-state index contributed by atoms with van der Waals surface area (Å²) in [4.78, 5) is 14.4. The molecule has 1 aromatic carbocycles. The Kier molecular flexibility index (Phi) is 4.54. The fourth-order valence-corrected chi connectivity index (χ4v) is 1.82. The van der Waals surface area contributed by atoms with Gasteiger partial charge in [0.05, 0.1) is 5.56 Å². The molecular weight excluding hydrogens is 224 g/mol. The van der Waals surface area contributed by atoms with E-state index in [1.165, 1.54) is 0 Å². The van der Waals surface area contributed by atoms with Crippen molar-refractivity contribution in [2.45, 2.75) is 26.3 Å². The van der Waals surface area contributed by atoms with Crippen LogP contribution in [0.2, 0.25) is 0 Å². The molecule has 3 heteroatoms. The Balaban J connectivity index is 3.13. The van der Waals surface area contributed by atoms with Crippen molar-refractivity contribution in [1.29, 1.82) is 0 Å². The molecule has 0 radical (unpaired) electrons. The van der Waals surface area contributed by atoms with Gasteiger partial charge in [-0.15, -0.1) is 6.58 Å². The van der Waals surface area contributed by atoms with Gasteiger partial charge in [-0.05, 0) is 32.9 Å². The lowest BCUT2D eigenvalue weighted by atomic mass is 10.0. The van der Waals surface area contributed by atoms with Crippen LogP contribution in [0.3, 0.4) is 0 Å². The third-order valence-electron chi connectivity index (χ3n) is 2.79. The van der Waals surface area contributed by atoms with Gasteiger partial charge in [-0.2, -0.15) is 0 Å². The molecule has 0 atom stereocenters. The van der Waals surface area contributed by atoms with Crippen LogP contribution in [0.15, 0.2) is 36.9 Å². The van der Waals surface area contributed by atoms with Gasteiger partial charge in [0, 0.05) is 24.8 Å². The fraction of sp³-hybridized carbons (Fsp3) is 0.400. The lowest BCUT2D eigenvalue weighted by Gasteiger charge is -2.35. The molecule has 0 unspecified atom stereocenters. The highest BCUT2D eigenvalue weighted by Crippen LogP contribution is 2.21. The van der Waals surface area contributed by atoms with E-state index in [1.54, 1.807) is 6.08 Å². The number of amides is 1. The average molecular weight is 246 g/mol.